The van der Waals surface area contributed by atoms with Crippen LogP contribution in [0.3, 0.4) is 0 Å². The van der Waals surface area contributed by atoms with Crippen molar-refractivity contribution in [3.05, 3.63) is 0 Å². The van der Waals surface area contributed by atoms with Crippen molar-refractivity contribution in [1.29, 1.82) is 0 Å². The van der Waals surface area contributed by atoms with E-state index in [0.717, 1.165) is 6.54 Å². The minimum Gasteiger partial charge on any atom is -0.444 e. The van der Waals surface area contributed by atoms with Gasteiger partial charge in [0, 0.05) is 12.6 Å². The molecule has 2 unspecified atom stereocenters. The van der Waals surface area contributed by atoms with Gasteiger partial charge < -0.3 is 15.4 Å². The highest BCUT2D eigenvalue weighted by atomic mass is 16.6. The van der Waals surface area contributed by atoms with Crippen LogP contribution < -0.4 is 10.6 Å². The zero-order valence-corrected chi connectivity index (χ0v) is 12.2. The van der Waals surface area contributed by atoms with Gasteiger partial charge in [0.1, 0.15) is 5.60 Å². The molecule has 1 saturated heterocycles. The molecule has 1 rings (SSSR count). The van der Waals surface area contributed by atoms with Crippen molar-refractivity contribution in [2.45, 2.75) is 65.0 Å². The Kier molecular flexibility index (Phi) is 5.93. The Morgan fingerprint density at radius 1 is 1.39 bits per heavy atom. The summed E-state index contributed by atoms with van der Waals surface area (Å²) < 4.78 is 5.23. The third kappa shape index (κ3) is 6.24. The van der Waals surface area contributed by atoms with Crippen LogP contribution in [0.15, 0.2) is 0 Å². The van der Waals surface area contributed by atoms with Crippen molar-refractivity contribution < 1.29 is 9.53 Å². The van der Waals surface area contributed by atoms with Crippen LogP contribution in [0.1, 0.15) is 53.4 Å². The first-order chi connectivity index (χ1) is 8.38. The van der Waals surface area contributed by atoms with Crippen molar-refractivity contribution in [1.82, 2.24) is 10.6 Å². The molecule has 4 heteroatoms. The Morgan fingerprint density at radius 3 is 2.78 bits per heavy atom. The van der Waals surface area contributed by atoms with Crippen LogP contribution in [0.2, 0.25) is 0 Å². The molecule has 0 aromatic rings. The maximum absolute atomic E-state index is 11.6. The van der Waals surface area contributed by atoms with Crippen molar-refractivity contribution in [2.75, 3.05) is 13.1 Å². The van der Waals surface area contributed by atoms with Crippen LogP contribution in [0, 0.1) is 5.92 Å². The van der Waals surface area contributed by atoms with Crippen LogP contribution in [0.5, 0.6) is 0 Å². The summed E-state index contributed by atoms with van der Waals surface area (Å²) in [5, 5.41) is 6.42. The van der Waals surface area contributed by atoms with E-state index >= 15 is 0 Å². The second-order valence-electron chi connectivity index (χ2n) is 6.27. The fourth-order valence-corrected chi connectivity index (χ4v) is 2.24. The highest BCUT2D eigenvalue weighted by molar-refractivity contribution is 5.67. The summed E-state index contributed by atoms with van der Waals surface area (Å²) >= 11 is 0. The van der Waals surface area contributed by atoms with Crippen LogP contribution in [-0.2, 0) is 4.74 Å². The molecule has 1 aliphatic rings. The first kappa shape index (κ1) is 15.3. The quantitative estimate of drug-likeness (QED) is 0.816. The predicted octanol–water partition coefficient (Wildman–Crippen LogP) is 2.68. The molecule has 1 amide bonds. The molecule has 0 aromatic heterocycles. The molecule has 18 heavy (non-hydrogen) atoms. The smallest absolute Gasteiger partial charge is 0.407 e. The van der Waals surface area contributed by atoms with Gasteiger partial charge in [-0.1, -0.05) is 19.8 Å². The summed E-state index contributed by atoms with van der Waals surface area (Å²) in [6.07, 6.45) is 4.76. The molecular weight excluding hydrogens is 228 g/mol. The molecular formula is C14H28N2O2. The topological polar surface area (TPSA) is 50.4 Å². The molecule has 2 atom stereocenters. The Hall–Kier alpha value is -0.770. The zero-order chi connectivity index (χ0) is 13.6. The number of hydrogen-bond acceptors (Lipinski definition) is 3. The van der Waals surface area contributed by atoms with E-state index in [1.165, 1.54) is 25.7 Å². The van der Waals surface area contributed by atoms with E-state index in [1.807, 2.05) is 20.8 Å². The maximum atomic E-state index is 11.6. The van der Waals surface area contributed by atoms with Crippen molar-refractivity contribution in [3.63, 3.8) is 0 Å². The standard InChI is InChI=1S/C14H28N2O2/c1-11(12-8-6-5-7-9-15-12)10-16-13(17)18-14(2,3)4/h11-12,15H,5-10H2,1-4H3,(H,16,17). The average Bonchev–Trinajstić information content (AvgIpc) is 2.52. The van der Waals surface area contributed by atoms with Gasteiger partial charge in [-0.25, -0.2) is 4.79 Å². The molecule has 1 fully saturated rings. The van der Waals surface area contributed by atoms with Crippen molar-refractivity contribution >= 4 is 6.09 Å². The first-order valence-corrected chi connectivity index (χ1v) is 7.09. The Morgan fingerprint density at radius 2 is 2.11 bits per heavy atom. The summed E-state index contributed by atoms with van der Waals surface area (Å²) in [6, 6.07) is 0.516. The number of ether oxygens (including phenoxy) is 1. The minimum atomic E-state index is -0.423. The lowest BCUT2D eigenvalue weighted by molar-refractivity contribution is 0.0517. The first-order valence-electron chi connectivity index (χ1n) is 7.09. The Labute approximate surface area is 111 Å². The van der Waals surface area contributed by atoms with E-state index in [-0.39, 0.29) is 6.09 Å². The maximum Gasteiger partial charge on any atom is 0.407 e. The molecule has 0 spiro atoms. The van der Waals surface area contributed by atoms with E-state index in [1.54, 1.807) is 0 Å². The fourth-order valence-electron chi connectivity index (χ4n) is 2.24. The largest absolute Gasteiger partial charge is 0.444 e. The number of nitrogens with one attached hydrogen (secondary N) is 2. The zero-order valence-electron chi connectivity index (χ0n) is 12.2. The van der Waals surface area contributed by atoms with Crippen LogP contribution >= 0.6 is 0 Å². The number of amides is 1. The second-order valence-corrected chi connectivity index (χ2v) is 6.27. The number of alkyl carbamates (subject to hydrolysis) is 1. The molecule has 0 radical (unpaired) electrons. The average molecular weight is 256 g/mol. The van der Waals surface area contributed by atoms with Crippen molar-refractivity contribution in [2.24, 2.45) is 5.92 Å². The van der Waals surface area contributed by atoms with E-state index in [9.17, 15) is 4.79 Å². The molecule has 0 aliphatic carbocycles. The molecule has 2 N–H and O–H groups in total. The normalized spacial score (nSPS) is 23.0. The Bertz CT molecular complexity index is 253. The number of carbonyl (C=O) groups is 1. The molecule has 4 nitrogen and oxygen atoms in total. The summed E-state index contributed by atoms with van der Waals surface area (Å²) in [4.78, 5) is 11.6. The summed E-state index contributed by atoms with van der Waals surface area (Å²) in [6.45, 7) is 9.59. The number of rotatable bonds is 3. The van der Waals surface area contributed by atoms with E-state index in [0.29, 0.717) is 18.5 Å². The van der Waals surface area contributed by atoms with Gasteiger partial charge in [0.2, 0.25) is 0 Å². The van der Waals surface area contributed by atoms with Gasteiger partial charge in [-0.15, -0.1) is 0 Å². The fraction of sp³-hybridized carbons (Fsp3) is 0.929. The predicted molar refractivity (Wildman–Crippen MR) is 73.7 cm³/mol. The highest BCUT2D eigenvalue weighted by Crippen LogP contribution is 2.15. The van der Waals surface area contributed by atoms with Gasteiger partial charge in [-0.05, 0) is 46.1 Å². The van der Waals surface area contributed by atoms with E-state index in [2.05, 4.69) is 17.6 Å². The minimum absolute atomic E-state index is 0.317. The van der Waals surface area contributed by atoms with Crippen LogP contribution in [0.25, 0.3) is 0 Å². The summed E-state index contributed by atoms with van der Waals surface area (Å²) in [5.41, 5.74) is -0.423. The second kappa shape index (κ2) is 6.98. The van der Waals surface area contributed by atoms with E-state index < -0.39 is 5.60 Å². The third-order valence-electron chi connectivity index (χ3n) is 3.25. The lowest BCUT2D eigenvalue weighted by Crippen LogP contribution is -2.42. The van der Waals surface area contributed by atoms with Crippen LogP contribution in [-0.4, -0.2) is 30.8 Å². The number of carbonyl (C=O) groups excluding carboxylic acids is 1. The molecule has 1 heterocycles. The van der Waals surface area contributed by atoms with Gasteiger partial charge in [0.25, 0.3) is 0 Å². The number of hydrogen-bond donors (Lipinski definition) is 2. The monoisotopic (exact) mass is 256 g/mol. The van der Waals surface area contributed by atoms with E-state index in [4.69, 9.17) is 4.74 Å². The molecule has 106 valence electrons. The molecule has 0 bridgehead atoms. The van der Waals surface area contributed by atoms with Crippen LogP contribution in [0.4, 0.5) is 4.79 Å². The molecule has 0 aromatic carbocycles. The highest BCUT2D eigenvalue weighted by Gasteiger charge is 2.20. The summed E-state index contributed by atoms with van der Waals surface area (Å²) in [7, 11) is 0. The summed E-state index contributed by atoms with van der Waals surface area (Å²) in [5.74, 6) is 0.440. The lowest BCUT2D eigenvalue weighted by atomic mass is 9.97. The Balaban J connectivity index is 2.27. The third-order valence-corrected chi connectivity index (χ3v) is 3.25. The van der Waals surface area contributed by atoms with Gasteiger partial charge in [-0.2, -0.15) is 0 Å². The lowest BCUT2D eigenvalue weighted by Gasteiger charge is -2.25. The van der Waals surface area contributed by atoms with Crippen molar-refractivity contribution in [3.8, 4) is 0 Å². The van der Waals surface area contributed by atoms with Gasteiger partial charge >= 0.3 is 6.09 Å². The van der Waals surface area contributed by atoms with Gasteiger partial charge in [0.05, 0.1) is 0 Å². The van der Waals surface area contributed by atoms with Gasteiger partial charge in [0.15, 0.2) is 0 Å². The molecule has 0 saturated carbocycles. The van der Waals surface area contributed by atoms with Gasteiger partial charge in [-0.3, -0.25) is 0 Å². The molecule has 1 aliphatic heterocycles. The SMILES string of the molecule is CC(CNC(=O)OC(C)(C)C)C1CCCCCN1.